The third kappa shape index (κ3) is 4.78. The summed E-state index contributed by atoms with van der Waals surface area (Å²) < 4.78 is 18.8. The van der Waals surface area contributed by atoms with Crippen LogP contribution in [0.25, 0.3) is 11.3 Å². The SMILES string of the molecule is COc1ccc(F)cc1-c1csc(NC(=O)CCC(=O)c2ccc(C)s2)n1. The van der Waals surface area contributed by atoms with E-state index in [4.69, 9.17) is 4.74 Å². The lowest BCUT2D eigenvalue weighted by Crippen LogP contribution is -2.13. The first-order valence-corrected chi connectivity index (χ1v) is 9.85. The minimum atomic E-state index is -0.397. The van der Waals surface area contributed by atoms with Crippen molar-refractivity contribution >= 4 is 39.5 Å². The summed E-state index contributed by atoms with van der Waals surface area (Å²) in [5, 5.41) is 4.79. The van der Waals surface area contributed by atoms with E-state index in [2.05, 4.69) is 10.3 Å². The minimum Gasteiger partial charge on any atom is -0.496 e. The van der Waals surface area contributed by atoms with Gasteiger partial charge in [-0.1, -0.05) is 0 Å². The van der Waals surface area contributed by atoms with Crippen LogP contribution in [-0.4, -0.2) is 23.8 Å². The van der Waals surface area contributed by atoms with Crippen LogP contribution in [0.5, 0.6) is 5.75 Å². The summed E-state index contributed by atoms with van der Waals surface area (Å²) >= 11 is 2.65. The number of halogens is 1. The fourth-order valence-corrected chi connectivity index (χ4v) is 4.01. The summed E-state index contributed by atoms with van der Waals surface area (Å²) in [5.74, 6) is -0.237. The molecule has 0 spiro atoms. The van der Waals surface area contributed by atoms with E-state index in [0.29, 0.717) is 27.0 Å². The van der Waals surface area contributed by atoms with Gasteiger partial charge in [0.15, 0.2) is 10.9 Å². The summed E-state index contributed by atoms with van der Waals surface area (Å²) in [4.78, 5) is 30.2. The molecule has 0 aliphatic rings. The van der Waals surface area contributed by atoms with Crippen molar-refractivity contribution in [2.75, 3.05) is 12.4 Å². The molecule has 0 saturated carbocycles. The molecule has 27 heavy (non-hydrogen) atoms. The third-order valence-electron chi connectivity index (χ3n) is 3.78. The number of thiazole rings is 1. The highest BCUT2D eigenvalue weighted by Gasteiger charge is 2.14. The molecule has 0 fully saturated rings. The zero-order valence-electron chi connectivity index (χ0n) is 14.7. The van der Waals surface area contributed by atoms with Crippen molar-refractivity contribution < 1.29 is 18.7 Å². The van der Waals surface area contributed by atoms with Crippen LogP contribution < -0.4 is 10.1 Å². The Balaban J connectivity index is 1.61. The zero-order chi connectivity index (χ0) is 19.4. The molecule has 1 amide bonds. The molecule has 0 aliphatic heterocycles. The lowest BCUT2D eigenvalue weighted by atomic mass is 10.1. The molecule has 2 aromatic heterocycles. The van der Waals surface area contributed by atoms with E-state index in [-0.39, 0.29) is 24.5 Å². The molecule has 0 atom stereocenters. The van der Waals surface area contributed by atoms with Crippen molar-refractivity contribution in [3.05, 3.63) is 51.3 Å². The van der Waals surface area contributed by atoms with Gasteiger partial charge in [-0.3, -0.25) is 9.59 Å². The molecule has 0 bridgehead atoms. The summed E-state index contributed by atoms with van der Waals surface area (Å²) in [5.41, 5.74) is 1.02. The average Bonchev–Trinajstić information content (AvgIpc) is 3.29. The monoisotopic (exact) mass is 404 g/mol. The van der Waals surface area contributed by atoms with Gasteiger partial charge in [-0.2, -0.15) is 0 Å². The molecular formula is C19H17FN2O3S2. The number of ether oxygens (including phenoxy) is 1. The molecule has 1 N–H and O–H groups in total. The van der Waals surface area contributed by atoms with E-state index in [0.717, 1.165) is 4.88 Å². The Kier molecular flexibility index (Phi) is 5.98. The van der Waals surface area contributed by atoms with Crippen LogP contribution in [0.2, 0.25) is 0 Å². The van der Waals surface area contributed by atoms with Crippen LogP contribution >= 0.6 is 22.7 Å². The molecule has 8 heteroatoms. The number of rotatable bonds is 7. The highest BCUT2D eigenvalue weighted by Crippen LogP contribution is 2.32. The Morgan fingerprint density at radius 2 is 2.04 bits per heavy atom. The van der Waals surface area contributed by atoms with Gasteiger partial charge in [0.1, 0.15) is 11.6 Å². The van der Waals surface area contributed by atoms with Gasteiger partial charge in [-0.05, 0) is 37.3 Å². The number of hydrogen-bond acceptors (Lipinski definition) is 6. The number of Topliss-reactive ketones (excluding diaryl/α,β-unsaturated/α-hetero) is 1. The standard InChI is InChI=1S/C19H17FN2O3S2/c1-11-3-7-17(27-11)15(23)5-8-18(24)22-19-21-14(10-26-19)13-9-12(20)4-6-16(13)25-2/h3-4,6-7,9-10H,5,8H2,1-2H3,(H,21,22,24). The smallest absolute Gasteiger partial charge is 0.226 e. The Morgan fingerprint density at radius 1 is 1.22 bits per heavy atom. The van der Waals surface area contributed by atoms with Gasteiger partial charge in [-0.25, -0.2) is 9.37 Å². The number of methoxy groups -OCH3 is 1. The molecule has 3 rings (SSSR count). The minimum absolute atomic E-state index is 0.0485. The van der Waals surface area contributed by atoms with Gasteiger partial charge in [0, 0.05) is 28.7 Å². The van der Waals surface area contributed by atoms with Crippen molar-refractivity contribution in [3.63, 3.8) is 0 Å². The molecule has 3 aromatic rings. The summed E-state index contributed by atoms with van der Waals surface area (Å²) in [6, 6.07) is 7.83. The van der Waals surface area contributed by atoms with Gasteiger partial charge in [-0.15, -0.1) is 22.7 Å². The number of nitrogens with one attached hydrogen (secondary N) is 1. The normalized spacial score (nSPS) is 10.6. The molecule has 140 valence electrons. The molecule has 2 heterocycles. The Labute approximate surface area is 163 Å². The fourth-order valence-electron chi connectivity index (χ4n) is 2.45. The first kappa shape index (κ1) is 19.2. The van der Waals surface area contributed by atoms with Gasteiger partial charge in [0.25, 0.3) is 0 Å². The van der Waals surface area contributed by atoms with Crippen LogP contribution in [0.1, 0.15) is 27.4 Å². The van der Waals surface area contributed by atoms with E-state index in [1.807, 2.05) is 13.0 Å². The molecule has 1 aromatic carbocycles. The lowest BCUT2D eigenvalue weighted by Gasteiger charge is -2.06. The van der Waals surface area contributed by atoms with Crippen molar-refractivity contribution in [1.82, 2.24) is 4.98 Å². The van der Waals surface area contributed by atoms with Crippen LogP contribution in [-0.2, 0) is 4.79 Å². The van der Waals surface area contributed by atoms with E-state index in [1.165, 1.54) is 48.0 Å². The van der Waals surface area contributed by atoms with E-state index in [1.54, 1.807) is 11.4 Å². The maximum absolute atomic E-state index is 13.5. The van der Waals surface area contributed by atoms with Gasteiger partial charge in [0.05, 0.1) is 17.7 Å². The largest absolute Gasteiger partial charge is 0.496 e. The lowest BCUT2D eigenvalue weighted by molar-refractivity contribution is -0.116. The van der Waals surface area contributed by atoms with Crippen molar-refractivity contribution in [3.8, 4) is 17.0 Å². The number of aryl methyl sites for hydroxylation is 1. The molecule has 5 nitrogen and oxygen atoms in total. The zero-order valence-corrected chi connectivity index (χ0v) is 16.4. The highest BCUT2D eigenvalue weighted by atomic mass is 32.1. The third-order valence-corrected chi connectivity index (χ3v) is 5.58. The molecule has 0 radical (unpaired) electrons. The second kappa shape index (κ2) is 8.41. The molecule has 0 unspecified atom stereocenters. The maximum Gasteiger partial charge on any atom is 0.226 e. The first-order valence-electron chi connectivity index (χ1n) is 8.15. The number of hydrogen-bond donors (Lipinski definition) is 1. The van der Waals surface area contributed by atoms with Gasteiger partial charge < -0.3 is 10.1 Å². The average molecular weight is 404 g/mol. The Bertz CT molecular complexity index is 981. The quantitative estimate of drug-likeness (QED) is 0.567. The number of carbonyl (C=O) groups is 2. The van der Waals surface area contributed by atoms with Crippen LogP contribution in [0.3, 0.4) is 0 Å². The predicted octanol–water partition coefficient (Wildman–Crippen LogP) is 4.93. The maximum atomic E-state index is 13.5. The second-order valence-electron chi connectivity index (χ2n) is 5.76. The number of carbonyl (C=O) groups excluding carboxylic acids is 2. The molecule has 0 saturated heterocycles. The van der Waals surface area contributed by atoms with Gasteiger partial charge >= 0.3 is 0 Å². The van der Waals surface area contributed by atoms with Crippen LogP contribution in [0.15, 0.2) is 35.7 Å². The van der Waals surface area contributed by atoms with E-state index >= 15 is 0 Å². The van der Waals surface area contributed by atoms with Crippen molar-refractivity contribution in [2.24, 2.45) is 0 Å². The number of amides is 1. The van der Waals surface area contributed by atoms with Crippen molar-refractivity contribution in [1.29, 1.82) is 0 Å². The summed E-state index contributed by atoms with van der Waals surface area (Å²) in [6.45, 7) is 1.93. The Morgan fingerprint density at radius 3 is 2.74 bits per heavy atom. The predicted molar refractivity (Wildman–Crippen MR) is 105 cm³/mol. The number of benzene rings is 1. The number of nitrogens with zero attached hydrogens (tertiary/aromatic N) is 1. The number of anilines is 1. The van der Waals surface area contributed by atoms with Crippen molar-refractivity contribution in [2.45, 2.75) is 19.8 Å². The van der Waals surface area contributed by atoms with E-state index < -0.39 is 5.82 Å². The van der Waals surface area contributed by atoms with E-state index in [9.17, 15) is 14.0 Å². The van der Waals surface area contributed by atoms with Crippen LogP contribution in [0.4, 0.5) is 9.52 Å². The summed E-state index contributed by atoms with van der Waals surface area (Å²) in [6.07, 6.45) is 0.218. The molecular weight excluding hydrogens is 387 g/mol. The number of ketones is 1. The Hall–Kier alpha value is -2.58. The van der Waals surface area contributed by atoms with Gasteiger partial charge in [0.2, 0.25) is 5.91 Å². The summed E-state index contributed by atoms with van der Waals surface area (Å²) in [7, 11) is 1.50. The fraction of sp³-hybridized carbons (Fsp3) is 0.211. The first-order chi connectivity index (χ1) is 13.0. The number of thiophene rings is 1. The second-order valence-corrected chi connectivity index (χ2v) is 7.91. The molecule has 0 aliphatic carbocycles. The van der Waals surface area contributed by atoms with Crippen LogP contribution in [0, 0.1) is 12.7 Å². The highest BCUT2D eigenvalue weighted by molar-refractivity contribution is 7.14. The topological polar surface area (TPSA) is 68.3 Å². The number of aromatic nitrogens is 1.